The van der Waals surface area contributed by atoms with E-state index < -0.39 is 8.07 Å². The number of aldehydes is 1. The van der Waals surface area contributed by atoms with E-state index in [0.29, 0.717) is 0 Å². The summed E-state index contributed by atoms with van der Waals surface area (Å²) in [5, 5.41) is 3.19. The van der Waals surface area contributed by atoms with Gasteiger partial charge in [0.15, 0.2) is 0 Å². The van der Waals surface area contributed by atoms with Crippen molar-refractivity contribution in [3.05, 3.63) is 0 Å². The summed E-state index contributed by atoms with van der Waals surface area (Å²) in [6, 6.07) is 2.60. The Morgan fingerprint density at radius 3 is 2.70 bits per heavy atom. The zero-order valence-corrected chi connectivity index (χ0v) is 7.68. The normalized spacial score (nSPS) is 31.6. The molecular formula is C7H15NOSi. The molecule has 0 spiro atoms. The van der Waals surface area contributed by atoms with Crippen molar-refractivity contribution in [2.75, 3.05) is 6.54 Å². The fourth-order valence-electron chi connectivity index (χ4n) is 1.46. The minimum absolute atomic E-state index is 0.162. The average Bonchev–Trinajstić information content (AvgIpc) is 1.86. The van der Waals surface area contributed by atoms with Crippen LogP contribution in [0.15, 0.2) is 0 Å². The maximum atomic E-state index is 10.4. The van der Waals surface area contributed by atoms with Crippen LogP contribution in [0.4, 0.5) is 0 Å². The Morgan fingerprint density at radius 2 is 2.30 bits per heavy atom. The van der Waals surface area contributed by atoms with Crippen LogP contribution in [-0.4, -0.2) is 26.9 Å². The molecule has 0 aliphatic carbocycles. The van der Waals surface area contributed by atoms with Crippen molar-refractivity contribution in [2.24, 2.45) is 0 Å². The first kappa shape index (κ1) is 7.95. The Kier molecular flexibility index (Phi) is 2.26. The molecule has 0 saturated carbocycles. The topological polar surface area (TPSA) is 29.1 Å². The third-order valence-electron chi connectivity index (χ3n) is 2.15. The molecule has 1 atom stereocenters. The van der Waals surface area contributed by atoms with Crippen LogP contribution in [0.1, 0.15) is 0 Å². The lowest BCUT2D eigenvalue weighted by molar-refractivity contribution is -0.109. The highest BCUT2D eigenvalue weighted by Gasteiger charge is 2.28. The number of rotatable bonds is 1. The molecule has 0 bridgehead atoms. The standard InChI is InChI=1S/C7H15NOSi/c1-10(2)4-3-8-7(5-9)6-10/h5,7-8H,3-4,6H2,1-2H3. The lowest BCUT2D eigenvalue weighted by Gasteiger charge is -2.31. The number of hydrogen-bond donors (Lipinski definition) is 1. The average molecular weight is 157 g/mol. The number of carbonyl (C=O) groups excluding carboxylic acids is 1. The largest absolute Gasteiger partial charge is 0.308 e. The highest BCUT2D eigenvalue weighted by Crippen LogP contribution is 2.19. The molecule has 1 saturated heterocycles. The fourth-order valence-corrected chi connectivity index (χ4v) is 3.92. The molecule has 1 unspecified atom stereocenters. The van der Waals surface area contributed by atoms with Gasteiger partial charge in [-0.3, -0.25) is 0 Å². The Bertz CT molecular complexity index is 136. The Balaban J connectivity index is 2.47. The van der Waals surface area contributed by atoms with Crippen LogP contribution >= 0.6 is 0 Å². The van der Waals surface area contributed by atoms with Crippen molar-refractivity contribution >= 4 is 14.4 Å². The molecule has 1 N–H and O–H groups in total. The van der Waals surface area contributed by atoms with Crippen molar-refractivity contribution in [3.8, 4) is 0 Å². The van der Waals surface area contributed by atoms with Crippen molar-refractivity contribution in [1.29, 1.82) is 0 Å². The monoisotopic (exact) mass is 157 g/mol. The predicted octanol–water partition coefficient (Wildman–Crippen LogP) is 0.865. The van der Waals surface area contributed by atoms with E-state index in [-0.39, 0.29) is 6.04 Å². The van der Waals surface area contributed by atoms with Crippen molar-refractivity contribution in [1.82, 2.24) is 5.32 Å². The summed E-state index contributed by atoms with van der Waals surface area (Å²) in [5.41, 5.74) is 0. The Morgan fingerprint density at radius 1 is 1.60 bits per heavy atom. The zero-order valence-electron chi connectivity index (χ0n) is 6.68. The Hall–Kier alpha value is -0.153. The van der Waals surface area contributed by atoms with E-state index in [0.717, 1.165) is 18.9 Å². The highest BCUT2D eigenvalue weighted by molar-refractivity contribution is 6.78. The van der Waals surface area contributed by atoms with Gasteiger partial charge in [0.1, 0.15) is 6.29 Å². The molecule has 2 nitrogen and oxygen atoms in total. The molecule has 58 valence electrons. The minimum atomic E-state index is -0.968. The Labute approximate surface area is 63.0 Å². The van der Waals surface area contributed by atoms with E-state index in [4.69, 9.17) is 0 Å². The van der Waals surface area contributed by atoms with E-state index >= 15 is 0 Å². The second-order valence-corrected chi connectivity index (χ2v) is 9.05. The molecular weight excluding hydrogens is 142 g/mol. The van der Waals surface area contributed by atoms with Crippen LogP contribution in [0.2, 0.25) is 25.2 Å². The molecule has 0 amide bonds. The summed E-state index contributed by atoms with van der Waals surface area (Å²) < 4.78 is 0. The van der Waals surface area contributed by atoms with Crippen molar-refractivity contribution < 1.29 is 4.79 Å². The van der Waals surface area contributed by atoms with E-state index in [1.807, 2.05) is 0 Å². The zero-order chi connectivity index (χ0) is 7.61. The van der Waals surface area contributed by atoms with Crippen molar-refractivity contribution in [3.63, 3.8) is 0 Å². The van der Waals surface area contributed by atoms with Crippen LogP contribution < -0.4 is 5.32 Å². The molecule has 1 heterocycles. The minimum Gasteiger partial charge on any atom is -0.308 e. The summed E-state index contributed by atoms with van der Waals surface area (Å²) in [6.45, 7) is 5.75. The lowest BCUT2D eigenvalue weighted by atomic mass is 10.4. The molecule has 3 heteroatoms. The van der Waals surface area contributed by atoms with Gasteiger partial charge in [0.05, 0.1) is 14.1 Å². The summed E-state index contributed by atoms with van der Waals surface area (Å²) >= 11 is 0. The van der Waals surface area contributed by atoms with Crippen LogP contribution in [0.25, 0.3) is 0 Å². The predicted molar refractivity (Wildman–Crippen MR) is 45.0 cm³/mol. The summed E-state index contributed by atoms with van der Waals surface area (Å²) in [7, 11) is -0.968. The van der Waals surface area contributed by atoms with Gasteiger partial charge in [-0.1, -0.05) is 13.1 Å². The second kappa shape index (κ2) is 2.84. The van der Waals surface area contributed by atoms with Gasteiger partial charge in [-0.15, -0.1) is 0 Å². The van der Waals surface area contributed by atoms with Gasteiger partial charge in [0, 0.05) is 0 Å². The lowest BCUT2D eigenvalue weighted by Crippen LogP contribution is -2.47. The first-order chi connectivity index (χ1) is 4.64. The third kappa shape index (κ3) is 1.92. The molecule has 10 heavy (non-hydrogen) atoms. The third-order valence-corrected chi connectivity index (χ3v) is 5.29. The van der Waals surface area contributed by atoms with Crippen LogP contribution in [0.3, 0.4) is 0 Å². The van der Waals surface area contributed by atoms with Gasteiger partial charge in [0.25, 0.3) is 0 Å². The summed E-state index contributed by atoms with van der Waals surface area (Å²) in [4.78, 5) is 10.4. The fraction of sp³-hybridized carbons (Fsp3) is 0.857. The van der Waals surface area contributed by atoms with Gasteiger partial charge in [0.2, 0.25) is 0 Å². The van der Waals surface area contributed by atoms with Gasteiger partial charge in [-0.05, 0) is 18.6 Å². The molecule has 0 radical (unpaired) electrons. The second-order valence-electron chi connectivity index (χ2n) is 3.82. The maximum Gasteiger partial charge on any atom is 0.136 e. The SMILES string of the molecule is C[Si]1(C)CCNC(C=O)C1. The van der Waals surface area contributed by atoms with E-state index in [9.17, 15) is 4.79 Å². The van der Waals surface area contributed by atoms with Gasteiger partial charge in [-0.25, -0.2) is 0 Å². The summed E-state index contributed by atoms with van der Waals surface area (Å²) in [5.74, 6) is 0. The van der Waals surface area contributed by atoms with E-state index in [1.54, 1.807) is 0 Å². The van der Waals surface area contributed by atoms with Crippen LogP contribution in [-0.2, 0) is 4.79 Å². The molecule has 1 aliphatic rings. The van der Waals surface area contributed by atoms with Gasteiger partial charge in [-0.2, -0.15) is 0 Å². The number of hydrogen-bond acceptors (Lipinski definition) is 2. The molecule has 0 aromatic carbocycles. The smallest absolute Gasteiger partial charge is 0.136 e. The first-order valence-electron chi connectivity index (χ1n) is 3.83. The molecule has 0 aromatic heterocycles. The molecule has 0 aromatic rings. The van der Waals surface area contributed by atoms with Gasteiger partial charge >= 0.3 is 0 Å². The van der Waals surface area contributed by atoms with Crippen molar-refractivity contribution in [2.45, 2.75) is 31.2 Å². The number of carbonyl (C=O) groups is 1. The molecule has 1 aliphatic heterocycles. The number of nitrogens with one attached hydrogen (secondary N) is 1. The quantitative estimate of drug-likeness (QED) is 0.452. The van der Waals surface area contributed by atoms with Crippen LogP contribution in [0, 0.1) is 0 Å². The summed E-state index contributed by atoms with van der Waals surface area (Å²) in [6.07, 6.45) is 1.05. The molecule has 1 rings (SSSR count). The highest BCUT2D eigenvalue weighted by atomic mass is 28.3. The van der Waals surface area contributed by atoms with E-state index in [1.165, 1.54) is 6.04 Å². The first-order valence-corrected chi connectivity index (χ1v) is 7.24. The van der Waals surface area contributed by atoms with Crippen LogP contribution in [0.5, 0.6) is 0 Å². The van der Waals surface area contributed by atoms with E-state index in [2.05, 4.69) is 18.4 Å². The molecule has 1 fully saturated rings. The maximum absolute atomic E-state index is 10.4. The van der Waals surface area contributed by atoms with Gasteiger partial charge < -0.3 is 10.1 Å².